The van der Waals surface area contributed by atoms with Crippen LogP contribution in [-0.2, 0) is 11.2 Å². The quantitative estimate of drug-likeness (QED) is 0.825. The van der Waals surface area contributed by atoms with Crippen molar-refractivity contribution < 1.29 is 4.79 Å². The Morgan fingerprint density at radius 1 is 1.37 bits per heavy atom. The topological polar surface area (TPSA) is 32.3 Å². The van der Waals surface area contributed by atoms with Gasteiger partial charge in [-0.2, -0.15) is 0 Å². The molecule has 0 saturated heterocycles. The number of carbonyl (C=O) groups excluding carboxylic acids is 1. The fourth-order valence-corrected chi connectivity index (χ4v) is 2.51. The van der Waals surface area contributed by atoms with E-state index in [-0.39, 0.29) is 5.91 Å². The molecule has 1 N–H and O–H groups in total. The Morgan fingerprint density at radius 2 is 2.16 bits per heavy atom. The molecule has 0 unspecified atom stereocenters. The van der Waals surface area contributed by atoms with Gasteiger partial charge in [-0.3, -0.25) is 4.79 Å². The molecular formula is C16H24N2O. The van der Waals surface area contributed by atoms with E-state index >= 15 is 0 Å². The van der Waals surface area contributed by atoms with E-state index in [9.17, 15) is 4.79 Å². The summed E-state index contributed by atoms with van der Waals surface area (Å²) < 4.78 is 0. The molecule has 0 saturated carbocycles. The number of hydrogen-bond acceptors (Lipinski definition) is 2. The van der Waals surface area contributed by atoms with Crippen molar-refractivity contribution in [3.05, 3.63) is 29.8 Å². The van der Waals surface area contributed by atoms with Gasteiger partial charge in [-0.05, 0) is 36.9 Å². The lowest BCUT2D eigenvalue weighted by atomic mass is 10.0. The number of nitrogens with one attached hydrogen (secondary N) is 1. The lowest BCUT2D eigenvalue weighted by Gasteiger charge is -2.29. The average Bonchev–Trinajstić information content (AvgIpc) is 2.42. The first kappa shape index (κ1) is 14.1. The molecule has 1 aromatic rings. The van der Waals surface area contributed by atoms with Crippen molar-refractivity contribution in [2.45, 2.75) is 33.1 Å². The zero-order valence-corrected chi connectivity index (χ0v) is 12.0. The predicted octanol–water partition coefficient (Wildman–Crippen LogP) is 2.60. The maximum absolute atomic E-state index is 12.3. The molecule has 3 nitrogen and oxygen atoms in total. The summed E-state index contributed by atoms with van der Waals surface area (Å²) in [6.45, 7) is 6.96. The lowest BCUT2D eigenvalue weighted by Crippen LogP contribution is -2.37. The lowest BCUT2D eigenvalue weighted by molar-refractivity contribution is -0.118. The second-order valence-electron chi connectivity index (χ2n) is 5.63. The minimum absolute atomic E-state index is 0.239. The van der Waals surface area contributed by atoms with Crippen LogP contribution in [0.25, 0.3) is 0 Å². The third kappa shape index (κ3) is 3.80. The van der Waals surface area contributed by atoms with Crippen molar-refractivity contribution in [3.63, 3.8) is 0 Å². The van der Waals surface area contributed by atoms with Gasteiger partial charge in [0.2, 0.25) is 5.91 Å². The first-order chi connectivity index (χ1) is 9.18. The number of anilines is 1. The SMILES string of the molecule is CC(C)CNCCC(=O)N1CCCc2ccccc21. The molecule has 1 amide bonds. The van der Waals surface area contributed by atoms with Crippen LogP contribution in [0.3, 0.4) is 0 Å². The fourth-order valence-electron chi connectivity index (χ4n) is 2.51. The van der Waals surface area contributed by atoms with Gasteiger partial charge in [0.25, 0.3) is 0 Å². The molecule has 2 rings (SSSR count). The normalized spacial score (nSPS) is 14.6. The first-order valence-corrected chi connectivity index (χ1v) is 7.27. The van der Waals surface area contributed by atoms with Crippen molar-refractivity contribution in [3.8, 4) is 0 Å². The van der Waals surface area contributed by atoms with Gasteiger partial charge in [0.15, 0.2) is 0 Å². The molecule has 1 aliphatic rings. The number of para-hydroxylation sites is 1. The smallest absolute Gasteiger partial charge is 0.228 e. The van der Waals surface area contributed by atoms with E-state index in [0.29, 0.717) is 12.3 Å². The van der Waals surface area contributed by atoms with E-state index in [1.54, 1.807) is 0 Å². The highest BCUT2D eigenvalue weighted by molar-refractivity contribution is 5.94. The summed E-state index contributed by atoms with van der Waals surface area (Å²) in [4.78, 5) is 14.2. The zero-order valence-electron chi connectivity index (χ0n) is 12.0. The average molecular weight is 260 g/mol. The molecular weight excluding hydrogens is 236 g/mol. The highest BCUT2D eigenvalue weighted by Gasteiger charge is 2.21. The molecule has 0 radical (unpaired) electrons. The molecule has 1 heterocycles. The molecule has 1 aromatic carbocycles. The first-order valence-electron chi connectivity index (χ1n) is 7.27. The molecule has 0 fully saturated rings. The van der Waals surface area contributed by atoms with Crippen LogP contribution in [0.5, 0.6) is 0 Å². The number of benzene rings is 1. The van der Waals surface area contributed by atoms with Crippen LogP contribution in [0.15, 0.2) is 24.3 Å². The number of amides is 1. The van der Waals surface area contributed by atoms with Gasteiger partial charge >= 0.3 is 0 Å². The molecule has 3 heteroatoms. The third-order valence-corrected chi connectivity index (χ3v) is 3.48. The number of fused-ring (bicyclic) bond motifs is 1. The molecule has 19 heavy (non-hydrogen) atoms. The summed E-state index contributed by atoms with van der Waals surface area (Å²) in [5.74, 6) is 0.870. The Labute approximate surface area is 116 Å². The number of nitrogens with zero attached hydrogens (tertiary/aromatic N) is 1. The molecule has 1 aliphatic heterocycles. The van der Waals surface area contributed by atoms with Crippen LogP contribution in [-0.4, -0.2) is 25.5 Å². The largest absolute Gasteiger partial charge is 0.316 e. The van der Waals surface area contributed by atoms with Crippen molar-refractivity contribution >= 4 is 11.6 Å². The zero-order chi connectivity index (χ0) is 13.7. The van der Waals surface area contributed by atoms with Crippen molar-refractivity contribution in [1.29, 1.82) is 0 Å². The Morgan fingerprint density at radius 3 is 2.95 bits per heavy atom. The summed E-state index contributed by atoms with van der Waals surface area (Å²) in [6.07, 6.45) is 2.74. The molecule has 0 spiro atoms. The van der Waals surface area contributed by atoms with E-state index in [0.717, 1.165) is 38.2 Å². The van der Waals surface area contributed by atoms with Crippen LogP contribution >= 0.6 is 0 Å². The number of rotatable bonds is 5. The summed E-state index contributed by atoms with van der Waals surface area (Å²) >= 11 is 0. The van der Waals surface area contributed by atoms with Gasteiger partial charge in [0, 0.05) is 25.2 Å². The minimum Gasteiger partial charge on any atom is -0.316 e. The second kappa shape index (κ2) is 6.71. The van der Waals surface area contributed by atoms with E-state index in [4.69, 9.17) is 0 Å². The monoisotopic (exact) mass is 260 g/mol. The molecule has 0 aromatic heterocycles. The molecule has 0 bridgehead atoms. The van der Waals surface area contributed by atoms with Gasteiger partial charge in [-0.1, -0.05) is 32.0 Å². The Kier molecular flexibility index (Phi) is 4.97. The highest BCUT2D eigenvalue weighted by atomic mass is 16.2. The van der Waals surface area contributed by atoms with Crippen LogP contribution in [0.1, 0.15) is 32.3 Å². The maximum Gasteiger partial charge on any atom is 0.228 e. The van der Waals surface area contributed by atoms with Crippen molar-refractivity contribution in [2.24, 2.45) is 5.92 Å². The summed E-state index contributed by atoms with van der Waals surface area (Å²) in [5.41, 5.74) is 2.42. The summed E-state index contributed by atoms with van der Waals surface area (Å²) in [6, 6.07) is 8.26. The van der Waals surface area contributed by atoms with Gasteiger partial charge < -0.3 is 10.2 Å². The Bertz CT molecular complexity index is 429. The number of carbonyl (C=O) groups is 1. The number of aryl methyl sites for hydroxylation is 1. The van der Waals surface area contributed by atoms with Crippen LogP contribution < -0.4 is 10.2 Å². The van der Waals surface area contributed by atoms with Crippen LogP contribution in [0.2, 0.25) is 0 Å². The third-order valence-electron chi connectivity index (χ3n) is 3.48. The Balaban J connectivity index is 1.90. The van der Waals surface area contributed by atoms with E-state index < -0.39 is 0 Å². The Hall–Kier alpha value is -1.35. The van der Waals surface area contributed by atoms with Crippen molar-refractivity contribution in [1.82, 2.24) is 5.32 Å². The number of hydrogen-bond donors (Lipinski definition) is 1. The highest BCUT2D eigenvalue weighted by Crippen LogP contribution is 2.26. The predicted molar refractivity (Wildman–Crippen MR) is 79.4 cm³/mol. The molecule has 104 valence electrons. The van der Waals surface area contributed by atoms with Gasteiger partial charge in [0.05, 0.1) is 0 Å². The van der Waals surface area contributed by atoms with E-state index in [1.807, 2.05) is 11.0 Å². The standard InChI is InChI=1S/C16H24N2O/c1-13(2)12-17-10-9-16(19)18-11-5-7-14-6-3-4-8-15(14)18/h3-4,6,8,13,17H,5,7,9-12H2,1-2H3. The fraction of sp³-hybridized carbons (Fsp3) is 0.562. The minimum atomic E-state index is 0.239. The van der Waals surface area contributed by atoms with E-state index in [2.05, 4.69) is 37.4 Å². The second-order valence-corrected chi connectivity index (χ2v) is 5.63. The van der Waals surface area contributed by atoms with E-state index in [1.165, 1.54) is 5.56 Å². The van der Waals surface area contributed by atoms with Crippen LogP contribution in [0, 0.1) is 5.92 Å². The maximum atomic E-state index is 12.3. The molecule has 0 atom stereocenters. The summed E-state index contributed by atoms with van der Waals surface area (Å²) in [5, 5.41) is 3.33. The summed E-state index contributed by atoms with van der Waals surface area (Å²) in [7, 11) is 0. The van der Waals surface area contributed by atoms with Crippen molar-refractivity contribution in [2.75, 3.05) is 24.5 Å². The molecule has 0 aliphatic carbocycles. The van der Waals surface area contributed by atoms with Gasteiger partial charge in [-0.25, -0.2) is 0 Å². The van der Waals surface area contributed by atoms with Gasteiger partial charge in [-0.15, -0.1) is 0 Å². The van der Waals surface area contributed by atoms with Crippen LogP contribution in [0.4, 0.5) is 5.69 Å². The van der Waals surface area contributed by atoms with Gasteiger partial charge in [0.1, 0.15) is 0 Å².